The lowest BCUT2D eigenvalue weighted by atomic mass is 9.81. The summed E-state index contributed by atoms with van der Waals surface area (Å²) < 4.78 is 0. The number of carbonyl (C=O) groups is 2. The highest BCUT2D eigenvalue weighted by Gasteiger charge is 2.30. The molecule has 6 nitrogen and oxygen atoms in total. The van der Waals surface area contributed by atoms with Gasteiger partial charge in [-0.05, 0) is 46.2 Å². The molecule has 1 unspecified atom stereocenters. The van der Waals surface area contributed by atoms with Gasteiger partial charge in [0.15, 0.2) is 0 Å². The fourth-order valence-corrected chi connectivity index (χ4v) is 4.24. The van der Waals surface area contributed by atoms with Gasteiger partial charge in [-0.25, -0.2) is 0 Å². The Kier molecular flexibility index (Phi) is 5.03. The number of para-hydroxylation sites is 4. The number of carbonyl (C=O) groups excluding carboxylic acids is 2. The second-order valence-corrected chi connectivity index (χ2v) is 7.93. The number of anilines is 4. The van der Waals surface area contributed by atoms with Gasteiger partial charge in [-0.2, -0.15) is 0 Å². The van der Waals surface area contributed by atoms with Crippen LogP contribution in [0, 0.1) is 0 Å². The lowest BCUT2D eigenvalue weighted by Gasteiger charge is -2.25. The van der Waals surface area contributed by atoms with Crippen molar-refractivity contribution < 1.29 is 9.59 Å². The van der Waals surface area contributed by atoms with E-state index in [4.69, 9.17) is 11.5 Å². The Bertz CT molecular complexity index is 1440. The third-order valence-electron chi connectivity index (χ3n) is 5.85. The average molecular weight is 434 g/mol. The van der Waals surface area contributed by atoms with E-state index < -0.39 is 5.92 Å². The Morgan fingerprint density at radius 1 is 0.697 bits per heavy atom. The van der Waals surface area contributed by atoms with Gasteiger partial charge in [-0.1, -0.05) is 66.7 Å². The van der Waals surface area contributed by atoms with Crippen LogP contribution in [0.4, 0.5) is 22.7 Å². The van der Waals surface area contributed by atoms with Gasteiger partial charge < -0.3 is 22.1 Å². The van der Waals surface area contributed by atoms with Crippen LogP contribution in [0.2, 0.25) is 0 Å². The molecule has 0 saturated heterocycles. The number of hydrogen-bond donors (Lipinski definition) is 4. The number of nitrogens with one attached hydrogen (secondary N) is 2. The maximum atomic E-state index is 13.4. The van der Waals surface area contributed by atoms with E-state index in [9.17, 15) is 9.59 Å². The predicted octanol–water partition coefficient (Wildman–Crippen LogP) is 4.76. The summed E-state index contributed by atoms with van der Waals surface area (Å²) in [5, 5.41) is 7.64. The molecule has 0 saturated carbocycles. The highest BCUT2D eigenvalue weighted by atomic mass is 16.2. The fourth-order valence-electron chi connectivity index (χ4n) is 4.24. The minimum atomic E-state index is -0.669. The van der Waals surface area contributed by atoms with Crippen molar-refractivity contribution in [3.05, 3.63) is 102 Å². The molecule has 6 N–H and O–H groups in total. The number of hydrogen-bond acceptors (Lipinski definition) is 4. The molecule has 5 rings (SSSR count). The van der Waals surface area contributed by atoms with Crippen molar-refractivity contribution in [3.8, 4) is 0 Å². The quantitative estimate of drug-likeness (QED) is 0.347. The third-order valence-corrected chi connectivity index (χ3v) is 5.85. The van der Waals surface area contributed by atoms with Crippen LogP contribution in [0.15, 0.2) is 91.0 Å². The van der Waals surface area contributed by atoms with E-state index in [2.05, 4.69) is 10.6 Å². The van der Waals surface area contributed by atoms with E-state index in [1.807, 2.05) is 42.5 Å². The van der Waals surface area contributed by atoms with E-state index in [0.29, 0.717) is 28.3 Å². The average Bonchev–Trinajstić information content (AvgIpc) is 2.82. The molecule has 2 amide bonds. The molecule has 0 aromatic heterocycles. The van der Waals surface area contributed by atoms with Crippen LogP contribution in [-0.4, -0.2) is 11.8 Å². The smallest absolute Gasteiger partial charge is 0.256 e. The van der Waals surface area contributed by atoms with E-state index in [-0.39, 0.29) is 11.8 Å². The van der Waals surface area contributed by atoms with Crippen molar-refractivity contribution in [1.82, 2.24) is 0 Å². The molecule has 4 aromatic rings. The van der Waals surface area contributed by atoms with Gasteiger partial charge in [0, 0.05) is 5.57 Å². The summed E-state index contributed by atoms with van der Waals surface area (Å²) in [6.45, 7) is 0. The maximum Gasteiger partial charge on any atom is 0.256 e. The second kappa shape index (κ2) is 8.16. The molecule has 1 aliphatic rings. The van der Waals surface area contributed by atoms with Crippen molar-refractivity contribution in [1.29, 1.82) is 0 Å². The van der Waals surface area contributed by atoms with E-state index in [0.717, 1.165) is 21.9 Å². The van der Waals surface area contributed by atoms with Crippen LogP contribution < -0.4 is 22.1 Å². The Hall–Kier alpha value is -4.58. The van der Waals surface area contributed by atoms with Crippen LogP contribution in [0.5, 0.6) is 0 Å². The van der Waals surface area contributed by atoms with Gasteiger partial charge in [0.2, 0.25) is 5.91 Å². The summed E-state index contributed by atoms with van der Waals surface area (Å²) in [5.41, 5.74) is 16.1. The van der Waals surface area contributed by atoms with Crippen molar-refractivity contribution in [2.24, 2.45) is 0 Å². The molecule has 162 valence electrons. The van der Waals surface area contributed by atoms with Crippen molar-refractivity contribution in [2.75, 3.05) is 22.1 Å². The molecule has 1 atom stereocenters. The first-order chi connectivity index (χ1) is 16.0. The molecule has 1 aliphatic carbocycles. The van der Waals surface area contributed by atoms with Gasteiger partial charge in [0.05, 0.1) is 28.7 Å². The standard InChI is InChI=1S/C27H22N4O2/c28-21-11-1-3-13-23(21)30-26(32)19-15-20(27(33)31-24-14-4-2-12-22(24)29)18-10-6-8-16-7-5-9-17(19)25(16)18/h1-15,19H,28-29H2,(H,30,32)(H,31,33). The normalized spacial score (nSPS) is 14.4. The highest BCUT2D eigenvalue weighted by molar-refractivity contribution is 6.30. The topological polar surface area (TPSA) is 110 Å². The lowest BCUT2D eigenvalue weighted by Crippen LogP contribution is -2.25. The molecule has 6 heteroatoms. The minimum Gasteiger partial charge on any atom is -0.397 e. The van der Waals surface area contributed by atoms with E-state index in [1.165, 1.54) is 0 Å². The lowest BCUT2D eigenvalue weighted by molar-refractivity contribution is -0.116. The summed E-state index contributed by atoms with van der Waals surface area (Å²) >= 11 is 0. The zero-order chi connectivity index (χ0) is 22.9. The first kappa shape index (κ1) is 20.3. The number of rotatable bonds is 4. The van der Waals surface area contributed by atoms with Crippen molar-refractivity contribution in [2.45, 2.75) is 5.92 Å². The van der Waals surface area contributed by atoms with Crippen LogP contribution in [0.3, 0.4) is 0 Å². The molecule has 0 aliphatic heterocycles. The SMILES string of the molecule is Nc1ccccc1NC(=O)C1=CC(C(=O)Nc2ccccc2N)c2cccc3cccc1c23. The van der Waals surface area contributed by atoms with Crippen LogP contribution >= 0.6 is 0 Å². The third kappa shape index (κ3) is 3.68. The molecule has 0 bridgehead atoms. The number of nitrogens with two attached hydrogens (primary N) is 2. The highest BCUT2D eigenvalue weighted by Crippen LogP contribution is 2.40. The van der Waals surface area contributed by atoms with Gasteiger partial charge >= 0.3 is 0 Å². The van der Waals surface area contributed by atoms with Crippen molar-refractivity contribution >= 4 is 50.9 Å². The van der Waals surface area contributed by atoms with Gasteiger partial charge in [-0.15, -0.1) is 0 Å². The van der Waals surface area contributed by atoms with E-state index in [1.54, 1.807) is 48.5 Å². The van der Waals surface area contributed by atoms with Crippen LogP contribution in [0.25, 0.3) is 16.3 Å². The van der Waals surface area contributed by atoms with Crippen molar-refractivity contribution in [3.63, 3.8) is 0 Å². The Morgan fingerprint density at radius 2 is 1.30 bits per heavy atom. The van der Waals surface area contributed by atoms with Gasteiger partial charge in [0.25, 0.3) is 5.91 Å². The van der Waals surface area contributed by atoms with E-state index >= 15 is 0 Å². The summed E-state index contributed by atoms with van der Waals surface area (Å²) in [5.74, 6) is -1.26. The van der Waals surface area contributed by atoms with Crippen LogP contribution in [-0.2, 0) is 9.59 Å². The maximum absolute atomic E-state index is 13.4. The Balaban J connectivity index is 1.59. The largest absolute Gasteiger partial charge is 0.397 e. The predicted molar refractivity (Wildman–Crippen MR) is 134 cm³/mol. The molecule has 0 heterocycles. The molecule has 33 heavy (non-hydrogen) atoms. The number of benzene rings is 4. The minimum absolute atomic E-state index is 0.264. The Labute approximate surface area is 190 Å². The molecule has 0 radical (unpaired) electrons. The molecule has 4 aromatic carbocycles. The second-order valence-electron chi connectivity index (χ2n) is 7.93. The number of amides is 2. The molecular weight excluding hydrogens is 412 g/mol. The summed E-state index contributed by atoms with van der Waals surface area (Å²) in [7, 11) is 0. The zero-order valence-electron chi connectivity index (χ0n) is 17.7. The monoisotopic (exact) mass is 434 g/mol. The Morgan fingerprint density at radius 3 is 1.97 bits per heavy atom. The number of nitrogen functional groups attached to an aromatic ring is 2. The van der Waals surface area contributed by atoms with Gasteiger partial charge in [0.1, 0.15) is 0 Å². The first-order valence-corrected chi connectivity index (χ1v) is 10.6. The molecular formula is C27H22N4O2. The summed E-state index contributed by atoms with van der Waals surface area (Å²) in [6, 6.07) is 25.8. The summed E-state index contributed by atoms with van der Waals surface area (Å²) in [6.07, 6.45) is 1.71. The van der Waals surface area contributed by atoms with Gasteiger partial charge in [-0.3, -0.25) is 9.59 Å². The zero-order valence-corrected chi connectivity index (χ0v) is 17.7. The van der Waals surface area contributed by atoms with Crippen LogP contribution in [0.1, 0.15) is 17.0 Å². The molecule has 0 fully saturated rings. The summed E-state index contributed by atoms with van der Waals surface area (Å²) in [4.78, 5) is 26.8. The molecule has 0 spiro atoms. The first-order valence-electron chi connectivity index (χ1n) is 10.6. The fraction of sp³-hybridized carbons (Fsp3) is 0.0370.